The average Bonchev–Trinajstić information content (AvgIpc) is 2.55. The molecule has 0 bridgehead atoms. The fraction of sp³-hybridized carbons (Fsp3) is 0.588. The zero-order chi connectivity index (χ0) is 16.7. The van der Waals surface area contributed by atoms with Crippen LogP contribution in [-0.4, -0.2) is 70.6 Å². The molecule has 0 spiro atoms. The van der Waals surface area contributed by atoms with Crippen molar-refractivity contribution in [1.29, 1.82) is 0 Å². The summed E-state index contributed by atoms with van der Waals surface area (Å²) in [6.45, 7) is 1.40. The lowest BCUT2D eigenvalue weighted by Crippen LogP contribution is -2.62. The minimum atomic E-state index is -1.35. The number of carbonyl (C=O) groups excluding carboxylic acids is 1. The molecule has 1 fully saturated rings. The van der Waals surface area contributed by atoms with Crippen LogP contribution in [0.2, 0.25) is 0 Å². The molecule has 0 radical (unpaired) electrons. The average molecular weight is 322 g/mol. The minimum absolute atomic E-state index is 0.0446. The highest BCUT2D eigenvalue weighted by Crippen LogP contribution is 2.22. The molecular weight excluding hydrogens is 296 g/mol. The van der Waals surface area contributed by atoms with Gasteiger partial charge in [-0.05, 0) is 24.9 Å². The number of hydrogen-bond acceptors (Lipinski definition) is 5. The van der Waals surface area contributed by atoms with Gasteiger partial charge in [-0.15, -0.1) is 0 Å². The molecule has 2 atom stereocenters. The van der Waals surface area contributed by atoms with Crippen LogP contribution >= 0.6 is 0 Å². The lowest BCUT2D eigenvalue weighted by atomic mass is 9.89. The first-order valence-corrected chi connectivity index (χ1v) is 8.09. The van der Waals surface area contributed by atoms with Crippen molar-refractivity contribution in [2.24, 2.45) is 0 Å². The smallest absolute Gasteiger partial charge is 0.227 e. The van der Waals surface area contributed by atoms with Gasteiger partial charge < -0.3 is 25.5 Å². The van der Waals surface area contributed by atoms with E-state index >= 15 is 0 Å². The Balaban J connectivity index is 1.91. The molecule has 1 aromatic rings. The summed E-state index contributed by atoms with van der Waals surface area (Å²) in [6, 6.07) is 9.49. The van der Waals surface area contributed by atoms with Crippen molar-refractivity contribution < 1.29 is 20.1 Å². The Morgan fingerprint density at radius 1 is 1.35 bits per heavy atom. The first-order chi connectivity index (χ1) is 11.0. The Hall–Kier alpha value is -1.47. The first kappa shape index (κ1) is 17.9. The molecule has 6 nitrogen and oxygen atoms in total. The van der Waals surface area contributed by atoms with Gasteiger partial charge in [-0.1, -0.05) is 30.3 Å². The van der Waals surface area contributed by atoms with Crippen LogP contribution in [0.15, 0.2) is 30.3 Å². The van der Waals surface area contributed by atoms with Crippen LogP contribution in [0, 0.1) is 0 Å². The second-order valence-corrected chi connectivity index (χ2v) is 6.14. The second kappa shape index (κ2) is 8.40. The van der Waals surface area contributed by atoms with Crippen LogP contribution in [0.5, 0.6) is 0 Å². The molecule has 1 amide bonds. The van der Waals surface area contributed by atoms with Crippen molar-refractivity contribution >= 4 is 5.91 Å². The van der Waals surface area contributed by atoms with Gasteiger partial charge in [-0.25, -0.2) is 0 Å². The number of β-amino-alcohol motifs (C(OH)–C–C–N with tert-alkyl or cyclic N) is 1. The zero-order valence-electron chi connectivity index (χ0n) is 13.3. The molecule has 1 aromatic carbocycles. The predicted octanol–water partition coefficient (Wildman–Crippen LogP) is -0.475. The number of nitrogens with zero attached hydrogens (tertiary/aromatic N) is 1. The van der Waals surface area contributed by atoms with Gasteiger partial charge in [0.15, 0.2) is 0 Å². The van der Waals surface area contributed by atoms with E-state index in [1.807, 2.05) is 30.3 Å². The number of piperidine rings is 1. The molecule has 1 saturated heterocycles. The van der Waals surface area contributed by atoms with E-state index in [-0.39, 0.29) is 25.6 Å². The Morgan fingerprint density at radius 2 is 2.09 bits per heavy atom. The number of rotatable bonds is 7. The molecule has 23 heavy (non-hydrogen) atoms. The predicted molar refractivity (Wildman–Crippen MR) is 86.9 cm³/mol. The molecule has 6 heteroatoms. The lowest BCUT2D eigenvalue weighted by molar-refractivity contribution is -0.150. The summed E-state index contributed by atoms with van der Waals surface area (Å²) >= 11 is 0. The van der Waals surface area contributed by atoms with E-state index in [2.05, 4.69) is 5.32 Å². The highest BCUT2D eigenvalue weighted by molar-refractivity contribution is 5.79. The maximum atomic E-state index is 12.4. The van der Waals surface area contributed by atoms with E-state index in [9.17, 15) is 15.0 Å². The van der Waals surface area contributed by atoms with Crippen molar-refractivity contribution in [3.05, 3.63) is 35.9 Å². The second-order valence-electron chi connectivity index (χ2n) is 6.14. The van der Waals surface area contributed by atoms with Crippen LogP contribution in [0.25, 0.3) is 0 Å². The van der Waals surface area contributed by atoms with Crippen LogP contribution in [-0.2, 0) is 11.2 Å². The number of benzene rings is 1. The highest BCUT2D eigenvalue weighted by atomic mass is 16.3. The molecule has 0 aromatic heterocycles. The van der Waals surface area contributed by atoms with E-state index in [4.69, 9.17) is 5.11 Å². The van der Waals surface area contributed by atoms with E-state index < -0.39 is 11.7 Å². The van der Waals surface area contributed by atoms with Crippen LogP contribution in [0.1, 0.15) is 18.4 Å². The zero-order valence-corrected chi connectivity index (χ0v) is 13.3. The number of carbonyl (C=O) groups is 1. The van der Waals surface area contributed by atoms with E-state index in [0.29, 0.717) is 32.4 Å². The van der Waals surface area contributed by atoms with Crippen LogP contribution in [0.4, 0.5) is 0 Å². The van der Waals surface area contributed by atoms with Gasteiger partial charge in [0.2, 0.25) is 5.91 Å². The fourth-order valence-electron chi connectivity index (χ4n) is 2.84. The third kappa shape index (κ3) is 5.00. The molecule has 2 rings (SSSR count). The Kier molecular flexibility index (Phi) is 6.53. The molecule has 128 valence electrons. The molecule has 0 aliphatic carbocycles. The molecule has 1 aliphatic heterocycles. The molecule has 0 unspecified atom stereocenters. The first-order valence-electron chi connectivity index (χ1n) is 8.09. The van der Waals surface area contributed by atoms with Crippen molar-refractivity contribution in [1.82, 2.24) is 10.2 Å². The van der Waals surface area contributed by atoms with Crippen LogP contribution < -0.4 is 5.32 Å². The Bertz CT molecular complexity index is 497. The molecule has 1 heterocycles. The summed E-state index contributed by atoms with van der Waals surface area (Å²) in [6.07, 6.45) is 0.386. The van der Waals surface area contributed by atoms with Crippen molar-refractivity contribution in [2.75, 3.05) is 32.8 Å². The van der Waals surface area contributed by atoms with E-state index in [1.165, 1.54) is 0 Å². The largest absolute Gasteiger partial charge is 0.396 e. The standard InChI is InChI=1S/C17H26N2O4/c20-10-4-8-18-12-17(23)13-19(9-7-15(17)21)16(22)11-14-5-2-1-3-6-14/h1-3,5-6,15,18,20-21,23H,4,7-13H2/t15-,17+/m1/s1. The summed E-state index contributed by atoms with van der Waals surface area (Å²) in [5.74, 6) is -0.0446. The van der Waals surface area contributed by atoms with Crippen LogP contribution in [0.3, 0.4) is 0 Å². The normalized spacial score (nSPS) is 24.7. The van der Waals surface area contributed by atoms with Gasteiger partial charge >= 0.3 is 0 Å². The summed E-state index contributed by atoms with van der Waals surface area (Å²) < 4.78 is 0. The maximum absolute atomic E-state index is 12.4. The minimum Gasteiger partial charge on any atom is -0.396 e. The number of hydrogen-bond donors (Lipinski definition) is 4. The van der Waals surface area contributed by atoms with Gasteiger partial charge in [-0.2, -0.15) is 0 Å². The third-order valence-electron chi connectivity index (χ3n) is 4.25. The maximum Gasteiger partial charge on any atom is 0.227 e. The van der Waals surface area contributed by atoms with Crippen molar-refractivity contribution in [3.63, 3.8) is 0 Å². The van der Waals surface area contributed by atoms with Gasteiger partial charge in [0.1, 0.15) is 5.60 Å². The molecule has 1 aliphatic rings. The fourth-order valence-corrected chi connectivity index (χ4v) is 2.84. The SMILES string of the molecule is O=C(Cc1ccccc1)N1CC[C@@H](O)[C@](O)(CNCCCO)C1. The molecule has 4 N–H and O–H groups in total. The van der Waals surface area contributed by atoms with Crippen molar-refractivity contribution in [2.45, 2.75) is 31.0 Å². The number of likely N-dealkylation sites (tertiary alicyclic amines) is 1. The van der Waals surface area contributed by atoms with E-state index in [0.717, 1.165) is 5.56 Å². The van der Waals surface area contributed by atoms with Gasteiger partial charge in [0.25, 0.3) is 0 Å². The summed E-state index contributed by atoms with van der Waals surface area (Å²) in [4.78, 5) is 14.0. The van der Waals surface area contributed by atoms with Gasteiger partial charge in [-0.3, -0.25) is 4.79 Å². The third-order valence-corrected chi connectivity index (χ3v) is 4.25. The highest BCUT2D eigenvalue weighted by Gasteiger charge is 2.42. The van der Waals surface area contributed by atoms with Gasteiger partial charge in [0, 0.05) is 19.7 Å². The number of amides is 1. The molecule has 0 saturated carbocycles. The number of aliphatic hydroxyl groups is 3. The van der Waals surface area contributed by atoms with Crippen molar-refractivity contribution in [3.8, 4) is 0 Å². The summed E-state index contributed by atoms with van der Waals surface area (Å²) in [5.41, 5.74) is -0.409. The Morgan fingerprint density at radius 3 is 2.78 bits per heavy atom. The lowest BCUT2D eigenvalue weighted by Gasteiger charge is -2.43. The summed E-state index contributed by atoms with van der Waals surface area (Å²) in [7, 11) is 0. The van der Waals surface area contributed by atoms with E-state index in [1.54, 1.807) is 4.90 Å². The number of aliphatic hydroxyl groups excluding tert-OH is 2. The molecular formula is C17H26N2O4. The summed E-state index contributed by atoms with van der Waals surface area (Å²) in [5, 5.41) is 32.6. The van der Waals surface area contributed by atoms with Gasteiger partial charge in [0.05, 0.1) is 19.1 Å². The number of nitrogens with one attached hydrogen (secondary N) is 1. The topological polar surface area (TPSA) is 93.0 Å². The Labute approximate surface area is 136 Å². The quantitative estimate of drug-likeness (QED) is 0.509. The monoisotopic (exact) mass is 322 g/mol.